The van der Waals surface area contributed by atoms with Gasteiger partial charge in [-0.25, -0.2) is 0 Å². The Morgan fingerprint density at radius 3 is 2.36 bits per heavy atom. The summed E-state index contributed by atoms with van der Waals surface area (Å²) < 4.78 is 9.99. The van der Waals surface area contributed by atoms with Crippen LogP contribution in [0.15, 0.2) is 24.3 Å². The summed E-state index contributed by atoms with van der Waals surface area (Å²) >= 11 is 0. The molecule has 1 aromatic carbocycles. The number of rotatable bonds is 11. The Kier molecular flexibility index (Phi) is 8.91. The molecule has 0 aromatic heterocycles. The lowest BCUT2D eigenvalue weighted by molar-refractivity contribution is -0.121. The Hall–Kier alpha value is -1.88. The minimum atomic E-state index is -0.0000484. The number of carbonyl (C=O) groups is 2. The topological polar surface area (TPSA) is 64.6 Å². The van der Waals surface area contributed by atoms with E-state index in [1.54, 1.807) is 38.5 Å². The SMILES string of the molecule is COCCCCNC(=O)CCCC(=O)c1ccc(OC)cc1. The van der Waals surface area contributed by atoms with E-state index in [1.165, 1.54) is 0 Å². The van der Waals surface area contributed by atoms with Crippen LogP contribution < -0.4 is 10.1 Å². The molecule has 122 valence electrons. The van der Waals surface area contributed by atoms with Gasteiger partial charge in [-0.05, 0) is 43.5 Å². The van der Waals surface area contributed by atoms with E-state index in [-0.39, 0.29) is 11.7 Å². The van der Waals surface area contributed by atoms with E-state index < -0.39 is 0 Å². The smallest absolute Gasteiger partial charge is 0.220 e. The normalized spacial score (nSPS) is 10.3. The highest BCUT2D eigenvalue weighted by Crippen LogP contribution is 2.13. The summed E-state index contributed by atoms with van der Waals surface area (Å²) in [4.78, 5) is 23.6. The third-order valence-electron chi connectivity index (χ3n) is 3.32. The lowest BCUT2D eigenvalue weighted by Gasteiger charge is -2.05. The van der Waals surface area contributed by atoms with Gasteiger partial charge in [0.15, 0.2) is 5.78 Å². The predicted molar refractivity (Wildman–Crippen MR) is 85.3 cm³/mol. The number of amides is 1. The Morgan fingerprint density at radius 2 is 1.73 bits per heavy atom. The fourth-order valence-electron chi connectivity index (χ4n) is 2.02. The highest BCUT2D eigenvalue weighted by molar-refractivity contribution is 5.96. The van der Waals surface area contributed by atoms with Crippen LogP contribution in [0, 0.1) is 0 Å². The maximum atomic E-state index is 12.0. The van der Waals surface area contributed by atoms with Gasteiger partial charge >= 0.3 is 0 Å². The monoisotopic (exact) mass is 307 g/mol. The van der Waals surface area contributed by atoms with Gasteiger partial charge in [0.25, 0.3) is 0 Å². The van der Waals surface area contributed by atoms with Crippen molar-refractivity contribution in [1.29, 1.82) is 0 Å². The molecule has 1 aromatic rings. The maximum absolute atomic E-state index is 12.0. The largest absolute Gasteiger partial charge is 0.497 e. The van der Waals surface area contributed by atoms with E-state index in [2.05, 4.69) is 5.32 Å². The number of carbonyl (C=O) groups excluding carboxylic acids is 2. The molecule has 0 saturated heterocycles. The van der Waals surface area contributed by atoms with E-state index in [0.717, 1.165) is 18.6 Å². The second-order valence-electron chi connectivity index (χ2n) is 5.06. The van der Waals surface area contributed by atoms with Crippen LogP contribution in [0.3, 0.4) is 0 Å². The molecule has 5 heteroatoms. The van der Waals surface area contributed by atoms with Crippen molar-refractivity contribution in [2.75, 3.05) is 27.4 Å². The van der Waals surface area contributed by atoms with Gasteiger partial charge in [0.2, 0.25) is 5.91 Å². The lowest BCUT2D eigenvalue weighted by atomic mass is 10.1. The van der Waals surface area contributed by atoms with Gasteiger partial charge < -0.3 is 14.8 Å². The van der Waals surface area contributed by atoms with Crippen LogP contribution in [0.5, 0.6) is 5.75 Å². The number of hydrogen-bond donors (Lipinski definition) is 1. The molecular formula is C17H25NO4. The summed E-state index contributed by atoms with van der Waals surface area (Å²) in [6, 6.07) is 7.02. The van der Waals surface area contributed by atoms with E-state index in [9.17, 15) is 9.59 Å². The minimum Gasteiger partial charge on any atom is -0.497 e. The second kappa shape index (κ2) is 10.8. The summed E-state index contributed by atoms with van der Waals surface area (Å²) in [5.74, 6) is 0.778. The van der Waals surface area contributed by atoms with E-state index in [0.29, 0.717) is 38.0 Å². The standard InChI is InChI=1S/C17H25NO4/c1-21-13-4-3-12-18-17(20)7-5-6-16(19)14-8-10-15(22-2)11-9-14/h8-11H,3-7,12-13H2,1-2H3,(H,18,20). The second-order valence-corrected chi connectivity index (χ2v) is 5.06. The summed E-state index contributed by atoms with van der Waals surface area (Å²) in [7, 11) is 3.25. The number of unbranched alkanes of at least 4 members (excludes halogenated alkanes) is 1. The van der Waals surface area contributed by atoms with Crippen LogP contribution >= 0.6 is 0 Å². The molecule has 0 aliphatic carbocycles. The van der Waals surface area contributed by atoms with Crippen LogP contribution in [0.2, 0.25) is 0 Å². The van der Waals surface area contributed by atoms with E-state index in [1.807, 2.05) is 0 Å². The summed E-state index contributed by atoms with van der Waals surface area (Å²) in [5.41, 5.74) is 0.653. The lowest BCUT2D eigenvalue weighted by Crippen LogP contribution is -2.24. The molecule has 0 heterocycles. The highest BCUT2D eigenvalue weighted by Gasteiger charge is 2.07. The molecule has 0 aliphatic rings. The fraction of sp³-hybridized carbons (Fsp3) is 0.529. The first-order valence-corrected chi connectivity index (χ1v) is 7.60. The number of benzene rings is 1. The van der Waals surface area contributed by atoms with Crippen LogP contribution in [0.4, 0.5) is 0 Å². The molecule has 0 unspecified atom stereocenters. The average molecular weight is 307 g/mol. The molecule has 0 fully saturated rings. The van der Waals surface area contributed by atoms with Gasteiger partial charge in [0.1, 0.15) is 5.75 Å². The fourth-order valence-corrected chi connectivity index (χ4v) is 2.02. The zero-order valence-corrected chi connectivity index (χ0v) is 13.4. The Labute approximate surface area is 132 Å². The van der Waals surface area contributed by atoms with Gasteiger partial charge in [0.05, 0.1) is 7.11 Å². The minimum absolute atomic E-state index is 0.0000484. The van der Waals surface area contributed by atoms with Crippen LogP contribution in [-0.4, -0.2) is 39.1 Å². The number of methoxy groups -OCH3 is 2. The molecule has 1 rings (SSSR count). The zero-order chi connectivity index (χ0) is 16.2. The summed E-state index contributed by atoms with van der Waals surface area (Å²) in [6.07, 6.45) is 3.17. The van der Waals surface area contributed by atoms with Crippen molar-refractivity contribution in [2.45, 2.75) is 32.1 Å². The first-order chi connectivity index (χ1) is 10.7. The van der Waals surface area contributed by atoms with Crippen LogP contribution in [0.25, 0.3) is 0 Å². The third kappa shape index (κ3) is 7.22. The molecule has 0 atom stereocenters. The quantitative estimate of drug-likeness (QED) is 0.504. The predicted octanol–water partition coefficient (Wildman–Crippen LogP) is 2.59. The van der Waals surface area contributed by atoms with Crippen molar-refractivity contribution in [2.24, 2.45) is 0 Å². The number of Topliss-reactive ketones (excluding diaryl/α,β-unsaturated/α-hetero) is 1. The number of ketones is 1. The Balaban J connectivity index is 2.17. The maximum Gasteiger partial charge on any atom is 0.220 e. The van der Waals surface area contributed by atoms with Gasteiger partial charge in [-0.15, -0.1) is 0 Å². The Bertz CT molecular complexity index is 456. The number of ether oxygens (including phenoxy) is 2. The average Bonchev–Trinajstić information content (AvgIpc) is 2.54. The molecule has 0 radical (unpaired) electrons. The van der Waals surface area contributed by atoms with Gasteiger partial charge in [0, 0.05) is 38.7 Å². The van der Waals surface area contributed by atoms with E-state index in [4.69, 9.17) is 9.47 Å². The van der Waals surface area contributed by atoms with Crippen LogP contribution in [-0.2, 0) is 9.53 Å². The van der Waals surface area contributed by atoms with Gasteiger partial charge in [-0.1, -0.05) is 0 Å². The molecule has 0 bridgehead atoms. The molecule has 1 N–H and O–H groups in total. The molecule has 0 saturated carbocycles. The van der Waals surface area contributed by atoms with Crippen molar-refractivity contribution >= 4 is 11.7 Å². The molecule has 22 heavy (non-hydrogen) atoms. The van der Waals surface area contributed by atoms with Crippen molar-refractivity contribution in [3.8, 4) is 5.75 Å². The van der Waals surface area contributed by atoms with Crippen LogP contribution in [0.1, 0.15) is 42.5 Å². The highest BCUT2D eigenvalue weighted by atomic mass is 16.5. The molecular weight excluding hydrogens is 282 g/mol. The van der Waals surface area contributed by atoms with Crippen molar-refractivity contribution < 1.29 is 19.1 Å². The first kappa shape index (κ1) is 18.2. The first-order valence-electron chi connectivity index (χ1n) is 7.60. The molecule has 0 spiro atoms. The van der Waals surface area contributed by atoms with Gasteiger partial charge in [-0.3, -0.25) is 9.59 Å². The van der Waals surface area contributed by atoms with Crippen molar-refractivity contribution in [1.82, 2.24) is 5.32 Å². The molecule has 1 amide bonds. The number of hydrogen-bond acceptors (Lipinski definition) is 4. The van der Waals surface area contributed by atoms with Gasteiger partial charge in [-0.2, -0.15) is 0 Å². The van der Waals surface area contributed by atoms with Crippen molar-refractivity contribution in [3.05, 3.63) is 29.8 Å². The molecule has 5 nitrogen and oxygen atoms in total. The van der Waals surface area contributed by atoms with E-state index >= 15 is 0 Å². The summed E-state index contributed by atoms with van der Waals surface area (Å²) in [5, 5.41) is 2.85. The zero-order valence-electron chi connectivity index (χ0n) is 13.4. The number of nitrogens with one attached hydrogen (secondary N) is 1. The van der Waals surface area contributed by atoms with Crippen molar-refractivity contribution in [3.63, 3.8) is 0 Å². The third-order valence-corrected chi connectivity index (χ3v) is 3.32. The summed E-state index contributed by atoms with van der Waals surface area (Å²) in [6.45, 7) is 1.38. The molecule has 0 aliphatic heterocycles. The Morgan fingerprint density at radius 1 is 1.00 bits per heavy atom.